The van der Waals surface area contributed by atoms with Crippen molar-refractivity contribution in [2.45, 2.75) is 14.9 Å². The summed E-state index contributed by atoms with van der Waals surface area (Å²) in [5.41, 5.74) is 1.96. The van der Waals surface area contributed by atoms with Crippen LogP contribution in [0.4, 0.5) is 11.4 Å². The second kappa shape index (κ2) is 14.6. The van der Waals surface area contributed by atoms with Crippen LogP contribution in [0.5, 0.6) is 17.4 Å². The van der Waals surface area contributed by atoms with Crippen LogP contribution in [0.25, 0.3) is 21.8 Å². The van der Waals surface area contributed by atoms with Crippen molar-refractivity contribution >= 4 is 44.8 Å². The number of fused-ring (bicyclic) bond motifs is 2. The third-order valence-corrected chi connectivity index (χ3v) is 5.36. The van der Waals surface area contributed by atoms with Gasteiger partial charge in [0.1, 0.15) is 29.0 Å². The first-order valence-electron chi connectivity index (χ1n) is 11.2. The molecular weight excluding hydrogens is 552 g/mol. The quantitative estimate of drug-likeness (QED) is 0.107. The lowest BCUT2D eigenvalue weighted by molar-refractivity contribution is -0.385. The molecule has 6 aromatic rings. The number of phenols is 1. The van der Waals surface area contributed by atoms with Crippen LogP contribution in [-0.2, 0) is 0 Å². The molecule has 12 nitrogen and oxygen atoms in total. The summed E-state index contributed by atoms with van der Waals surface area (Å²) < 4.78 is 5.54. The van der Waals surface area contributed by atoms with E-state index in [2.05, 4.69) is 19.9 Å². The number of rotatable bonds is 4. The maximum Gasteiger partial charge on any atom is 0.287 e. The van der Waals surface area contributed by atoms with Gasteiger partial charge in [0, 0.05) is 52.4 Å². The summed E-state index contributed by atoms with van der Waals surface area (Å²) in [7, 11) is 0. The highest BCUT2D eigenvalue weighted by Crippen LogP contribution is 2.25. The number of aromatic amines is 2. The molecule has 0 radical (unpaired) electrons. The highest BCUT2D eigenvalue weighted by Gasteiger charge is 2.07. The van der Waals surface area contributed by atoms with Crippen molar-refractivity contribution in [2.24, 2.45) is 0 Å². The van der Waals surface area contributed by atoms with Gasteiger partial charge in [0.2, 0.25) is 5.88 Å². The SMILES string of the molecule is C.C.O=[N+]([O-])c1ccc(Cl)nc1.O=[N+]([O-])c1ccc(Oc2ccc3[nH]ccc3c2)nc1.Oc1ccc2[nH]ccc2c1. The second-order valence-electron chi connectivity index (χ2n) is 7.79. The molecule has 4 aromatic heterocycles. The molecule has 2 aromatic carbocycles. The lowest BCUT2D eigenvalue weighted by Crippen LogP contribution is -1.91. The van der Waals surface area contributed by atoms with Gasteiger partial charge < -0.3 is 19.8 Å². The van der Waals surface area contributed by atoms with Crippen molar-refractivity contribution in [3.63, 3.8) is 0 Å². The molecule has 0 saturated carbocycles. The predicted molar refractivity (Wildman–Crippen MR) is 159 cm³/mol. The first-order chi connectivity index (χ1) is 18.8. The molecule has 41 heavy (non-hydrogen) atoms. The van der Waals surface area contributed by atoms with E-state index in [1.54, 1.807) is 12.1 Å². The van der Waals surface area contributed by atoms with Gasteiger partial charge in [0.15, 0.2) is 0 Å². The molecule has 0 spiro atoms. The molecule has 0 aliphatic rings. The Bertz CT molecular complexity index is 1720. The number of aromatic hydroxyl groups is 1. The van der Waals surface area contributed by atoms with E-state index in [-0.39, 0.29) is 31.4 Å². The Morgan fingerprint density at radius 3 is 1.83 bits per heavy atom. The Morgan fingerprint density at radius 1 is 0.732 bits per heavy atom. The minimum absolute atomic E-state index is 0. The maximum absolute atomic E-state index is 10.5. The Hall–Kier alpha value is -5.49. The van der Waals surface area contributed by atoms with Crippen LogP contribution >= 0.6 is 11.6 Å². The number of hydrogen-bond acceptors (Lipinski definition) is 8. The molecule has 0 fully saturated rings. The fourth-order valence-electron chi connectivity index (χ4n) is 3.27. The van der Waals surface area contributed by atoms with E-state index >= 15 is 0 Å². The van der Waals surface area contributed by atoms with Gasteiger partial charge >= 0.3 is 0 Å². The van der Waals surface area contributed by atoms with Crippen molar-refractivity contribution in [2.75, 3.05) is 0 Å². The summed E-state index contributed by atoms with van der Waals surface area (Å²) in [6.07, 6.45) is 5.98. The minimum Gasteiger partial charge on any atom is -0.508 e. The summed E-state index contributed by atoms with van der Waals surface area (Å²) in [6.45, 7) is 0. The molecular formula is C28H27ClN6O6. The van der Waals surface area contributed by atoms with E-state index in [9.17, 15) is 20.2 Å². The molecule has 0 aliphatic carbocycles. The van der Waals surface area contributed by atoms with Crippen molar-refractivity contribution in [1.29, 1.82) is 0 Å². The van der Waals surface area contributed by atoms with Crippen LogP contribution in [0.2, 0.25) is 5.15 Å². The Labute approximate surface area is 239 Å². The van der Waals surface area contributed by atoms with E-state index in [4.69, 9.17) is 21.4 Å². The average Bonchev–Trinajstić information content (AvgIpc) is 3.59. The number of halogens is 1. The van der Waals surface area contributed by atoms with Gasteiger partial charge in [-0.3, -0.25) is 20.2 Å². The molecule has 3 N–H and O–H groups in total. The molecule has 0 atom stereocenters. The lowest BCUT2D eigenvalue weighted by Gasteiger charge is -2.04. The topological polar surface area (TPSA) is 173 Å². The van der Waals surface area contributed by atoms with E-state index < -0.39 is 9.85 Å². The molecule has 0 saturated heterocycles. The van der Waals surface area contributed by atoms with Crippen LogP contribution < -0.4 is 4.74 Å². The molecule has 4 heterocycles. The van der Waals surface area contributed by atoms with Crippen LogP contribution in [0.15, 0.2) is 97.6 Å². The third-order valence-electron chi connectivity index (χ3n) is 5.14. The first kappa shape index (κ1) is 31.7. The van der Waals surface area contributed by atoms with Crippen LogP contribution in [-0.4, -0.2) is 34.9 Å². The average molecular weight is 579 g/mol. The highest BCUT2D eigenvalue weighted by molar-refractivity contribution is 6.29. The van der Waals surface area contributed by atoms with Gasteiger partial charge in [-0.1, -0.05) is 26.5 Å². The van der Waals surface area contributed by atoms with Gasteiger partial charge in [-0.05, 0) is 54.6 Å². The Balaban J connectivity index is 0.000000228. The van der Waals surface area contributed by atoms with Crippen molar-refractivity contribution in [3.05, 3.63) is 123 Å². The van der Waals surface area contributed by atoms with Crippen molar-refractivity contribution < 1.29 is 19.7 Å². The van der Waals surface area contributed by atoms with E-state index in [1.807, 2.05) is 48.8 Å². The van der Waals surface area contributed by atoms with E-state index in [0.717, 1.165) is 28.0 Å². The lowest BCUT2D eigenvalue weighted by atomic mass is 10.2. The molecule has 0 unspecified atom stereocenters. The molecule has 0 amide bonds. The maximum atomic E-state index is 10.5. The standard InChI is InChI=1S/C13H9N3O3.C8H7NO.C5H3ClN2O2.2CH4/c17-16(18)10-1-4-13(15-8-10)19-11-2-3-12-9(7-11)5-6-14-12;10-7-1-2-8-6(5-7)3-4-9-8;6-5-2-1-4(3-7-5)8(9)10;;/h1-8,14H;1-5,9-10H;1-3H;2*1H4. The summed E-state index contributed by atoms with van der Waals surface area (Å²) in [5.74, 6) is 1.26. The summed E-state index contributed by atoms with van der Waals surface area (Å²) in [5, 5.41) is 31.9. The Kier molecular flexibility index (Phi) is 11.3. The summed E-state index contributed by atoms with van der Waals surface area (Å²) >= 11 is 5.38. The van der Waals surface area contributed by atoms with Crippen molar-refractivity contribution in [3.8, 4) is 17.4 Å². The zero-order chi connectivity index (χ0) is 27.8. The fourth-order valence-corrected chi connectivity index (χ4v) is 3.38. The fraction of sp³-hybridized carbons (Fsp3) is 0.0714. The zero-order valence-electron chi connectivity index (χ0n) is 19.9. The largest absolute Gasteiger partial charge is 0.508 e. The zero-order valence-corrected chi connectivity index (χ0v) is 20.6. The monoisotopic (exact) mass is 578 g/mol. The molecule has 0 aliphatic heterocycles. The van der Waals surface area contributed by atoms with Gasteiger partial charge in [-0.25, -0.2) is 9.97 Å². The minimum atomic E-state index is -0.524. The van der Waals surface area contributed by atoms with Crippen molar-refractivity contribution in [1.82, 2.24) is 19.9 Å². The number of nitrogens with zero attached hydrogens (tertiary/aromatic N) is 4. The van der Waals surface area contributed by atoms with Gasteiger partial charge in [0.05, 0.1) is 9.85 Å². The van der Waals surface area contributed by atoms with Gasteiger partial charge in [-0.2, -0.15) is 0 Å². The molecule has 6 rings (SSSR count). The number of H-pyrrole nitrogens is 2. The number of aromatic nitrogens is 4. The third kappa shape index (κ3) is 8.76. The first-order valence-corrected chi connectivity index (χ1v) is 11.5. The van der Waals surface area contributed by atoms with Gasteiger partial charge in [-0.15, -0.1) is 0 Å². The highest BCUT2D eigenvalue weighted by atomic mass is 35.5. The number of nitrogens with one attached hydrogen (secondary N) is 2. The number of hydrogen-bond donors (Lipinski definition) is 3. The van der Waals surface area contributed by atoms with E-state index in [1.165, 1.54) is 30.5 Å². The number of nitro groups is 2. The van der Waals surface area contributed by atoms with E-state index in [0.29, 0.717) is 17.4 Å². The van der Waals surface area contributed by atoms with Gasteiger partial charge in [0.25, 0.3) is 11.4 Å². The second-order valence-corrected chi connectivity index (χ2v) is 8.17. The number of ether oxygens (including phenoxy) is 1. The molecule has 212 valence electrons. The van der Waals surface area contributed by atoms with Crippen LogP contribution in [0.3, 0.4) is 0 Å². The summed E-state index contributed by atoms with van der Waals surface area (Å²) in [4.78, 5) is 33.1. The smallest absolute Gasteiger partial charge is 0.287 e. The van der Waals surface area contributed by atoms with Crippen LogP contribution in [0, 0.1) is 20.2 Å². The molecule has 0 bridgehead atoms. The van der Waals surface area contributed by atoms with Crippen LogP contribution in [0.1, 0.15) is 14.9 Å². The summed E-state index contributed by atoms with van der Waals surface area (Å²) in [6, 6.07) is 20.2. The normalized spacial score (nSPS) is 9.68. The predicted octanol–water partition coefficient (Wildman–Crippen LogP) is 8.05. The number of phenolic OH excluding ortho intramolecular Hbond substituents is 1. The molecule has 13 heteroatoms. The number of benzene rings is 2. The number of pyridine rings is 2. The Morgan fingerprint density at radius 2 is 1.29 bits per heavy atom.